The molecule has 9 nitrogen and oxygen atoms in total. The molecule has 0 radical (unpaired) electrons. The molecule has 170 valence electrons. The summed E-state index contributed by atoms with van der Waals surface area (Å²) in [5.41, 5.74) is 0.499. The van der Waals surface area contributed by atoms with Gasteiger partial charge in [-0.15, -0.1) is 22.7 Å². The Hall–Kier alpha value is -3.26. The second-order valence-corrected chi connectivity index (χ2v) is 12.3. The van der Waals surface area contributed by atoms with Crippen molar-refractivity contribution in [1.82, 2.24) is 4.98 Å². The van der Waals surface area contributed by atoms with Crippen LogP contribution < -0.4 is 14.8 Å². The lowest BCUT2D eigenvalue weighted by atomic mass is 10.1. The van der Waals surface area contributed by atoms with E-state index in [1.165, 1.54) is 36.5 Å². The van der Waals surface area contributed by atoms with Gasteiger partial charge in [0.2, 0.25) is 0 Å². The highest BCUT2D eigenvalue weighted by Crippen LogP contribution is 2.27. The number of thiophene rings is 2. The van der Waals surface area contributed by atoms with Crippen molar-refractivity contribution in [3.8, 4) is 0 Å². The molecule has 3 N–H and O–H groups in total. The van der Waals surface area contributed by atoms with Crippen LogP contribution in [0.4, 0.5) is 17.1 Å². The summed E-state index contributed by atoms with van der Waals surface area (Å²) in [6, 6.07) is 13.3. The van der Waals surface area contributed by atoms with Crippen LogP contribution in [0.2, 0.25) is 0 Å². The van der Waals surface area contributed by atoms with Crippen molar-refractivity contribution in [2.24, 2.45) is 0 Å². The number of aromatic nitrogens is 1. The average Bonchev–Trinajstić information content (AvgIpc) is 3.48. The largest absolute Gasteiger partial charge is 0.321 e. The van der Waals surface area contributed by atoms with Crippen LogP contribution in [0.15, 0.2) is 86.2 Å². The molecule has 3 heterocycles. The van der Waals surface area contributed by atoms with Gasteiger partial charge >= 0.3 is 0 Å². The van der Waals surface area contributed by atoms with E-state index in [-0.39, 0.29) is 25.4 Å². The van der Waals surface area contributed by atoms with Crippen molar-refractivity contribution in [2.45, 2.75) is 8.42 Å². The van der Waals surface area contributed by atoms with Gasteiger partial charge in [0, 0.05) is 11.8 Å². The van der Waals surface area contributed by atoms with Crippen LogP contribution in [0, 0.1) is 0 Å². The van der Waals surface area contributed by atoms with Gasteiger partial charge in [-0.3, -0.25) is 19.2 Å². The van der Waals surface area contributed by atoms with Crippen LogP contribution in [0.3, 0.4) is 0 Å². The number of hydrogen-bond donors (Lipinski definition) is 3. The predicted octanol–water partition coefficient (Wildman–Crippen LogP) is 4.06. The highest BCUT2D eigenvalue weighted by atomic mass is 32.3. The van der Waals surface area contributed by atoms with Crippen LogP contribution in [0.5, 0.6) is 0 Å². The fourth-order valence-electron chi connectivity index (χ4n) is 2.76. The van der Waals surface area contributed by atoms with Crippen molar-refractivity contribution < 1.29 is 21.6 Å². The molecular formula is C20H16N4O5S4. The van der Waals surface area contributed by atoms with E-state index in [0.717, 1.165) is 22.7 Å². The number of hydrogen-bond acceptors (Lipinski definition) is 8. The van der Waals surface area contributed by atoms with E-state index in [4.69, 9.17) is 0 Å². The number of rotatable bonds is 8. The van der Waals surface area contributed by atoms with E-state index in [1.807, 2.05) is 0 Å². The number of carbonyl (C=O) groups excluding carboxylic acids is 1. The minimum absolute atomic E-state index is 0.0196. The summed E-state index contributed by atoms with van der Waals surface area (Å²) in [7, 11) is -7.85. The molecule has 1 amide bonds. The van der Waals surface area contributed by atoms with Gasteiger partial charge in [-0.05, 0) is 53.2 Å². The van der Waals surface area contributed by atoms with Gasteiger partial charge in [-0.25, -0.2) is 16.8 Å². The molecule has 13 heteroatoms. The molecule has 33 heavy (non-hydrogen) atoms. The van der Waals surface area contributed by atoms with Crippen LogP contribution in [0.25, 0.3) is 0 Å². The first kappa shape index (κ1) is 22.9. The molecule has 4 rings (SSSR count). The minimum atomic E-state index is -3.92. The lowest BCUT2D eigenvalue weighted by Crippen LogP contribution is -2.17. The van der Waals surface area contributed by atoms with Crippen molar-refractivity contribution in [3.05, 3.63) is 83.3 Å². The van der Waals surface area contributed by atoms with Gasteiger partial charge in [0.25, 0.3) is 26.0 Å². The van der Waals surface area contributed by atoms with E-state index >= 15 is 0 Å². The SMILES string of the molecule is O=C(Nc1cccnc1)c1cc(NS(=O)(=O)c2cccs2)cc(NS(=O)(=O)c2cccs2)c1. The van der Waals surface area contributed by atoms with Crippen LogP contribution in [-0.2, 0) is 20.0 Å². The number of carbonyl (C=O) groups is 1. The molecule has 4 aromatic rings. The van der Waals surface area contributed by atoms with Crippen molar-refractivity contribution in [1.29, 1.82) is 0 Å². The lowest BCUT2D eigenvalue weighted by Gasteiger charge is -2.13. The number of nitrogens with one attached hydrogen (secondary N) is 3. The first-order chi connectivity index (χ1) is 15.7. The molecule has 1 aromatic carbocycles. The second kappa shape index (κ2) is 9.31. The summed E-state index contributed by atoms with van der Waals surface area (Å²) >= 11 is 2.05. The van der Waals surface area contributed by atoms with Gasteiger partial charge in [-0.1, -0.05) is 12.1 Å². The second-order valence-electron chi connectivity index (χ2n) is 6.57. The zero-order chi connectivity index (χ0) is 23.5. The smallest absolute Gasteiger partial charge is 0.271 e. The van der Waals surface area contributed by atoms with Crippen molar-refractivity contribution in [3.63, 3.8) is 0 Å². The molecule has 0 aliphatic heterocycles. The maximum Gasteiger partial charge on any atom is 0.271 e. The fraction of sp³-hybridized carbons (Fsp3) is 0. The summed E-state index contributed by atoms with van der Waals surface area (Å²) in [5.74, 6) is -0.572. The summed E-state index contributed by atoms with van der Waals surface area (Å²) in [5, 5.41) is 5.88. The quantitative estimate of drug-likeness (QED) is 0.321. The Balaban J connectivity index is 1.70. The molecule has 0 unspecified atom stereocenters. The first-order valence-corrected chi connectivity index (χ1v) is 13.9. The monoisotopic (exact) mass is 520 g/mol. The molecule has 0 atom stereocenters. The van der Waals surface area contributed by atoms with E-state index < -0.39 is 26.0 Å². The Morgan fingerprint density at radius 2 is 1.33 bits per heavy atom. The number of sulfonamides is 2. The van der Waals surface area contributed by atoms with E-state index in [2.05, 4.69) is 19.7 Å². The fourth-order valence-corrected chi connectivity index (χ4v) is 6.83. The predicted molar refractivity (Wildman–Crippen MR) is 129 cm³/mol. The summed E-state index contributed by atoms with van der Waals surface area (Å²) < 4.78 is 55.6. The first-order valence-electron chi connectivity index (χ1n) is 9.22. The maximum absolute atomic E-state index is 12.8. The lowest BCUT2D eigenvalue weighted by molar-refractivity contribution is 0.102. The topological polar surface area (TPSA) is 134 Å². The maximum atomic E-state index is 12.8. The van der Waals surface area contributed by atoms with Crippen LogP contribution in [0.1, 0.15) is 10.4 Å². The number of nitrogens with zero attached hydrogens (tertiary/aromatic N) is 1. The Kier molecular flexibility index (Phi) is 6.47. The third kappa shape index (κ3) is 5.57. The van der Waals surface area contributed by atoms with E-state index in [0.29, 0.717) is 5.69 Å². The highest BCUT2D eigenvalue weighted by Gasteiger charge is 2.20. The van der Waals surface area contributed by atoms with Gasteiger partial charge in [-0.2, -0.15) is 0 Å². The molecule has 0 aliphatic rings. The number of pyridine rings is 1. The molecule has 0 aliphatic carbocycles. The minimum Gasteiger partial charge on any atom is -0.321 e. The summed E-state index contributed by atoms with van der Waals surface area (Å²) in [6.45, 7) is 0. The summed E-state index contributed by atoms with van der Waals surface area (Å²) in [4.78, 5) is 16.7. The molecule has 0 saturated heterocycles. The normalized spacial score (nSPS) is 11.6. The zero-order valence-electron chi connectivity index (χ0n) is 16.6. The van der Waals surface area contributed by atoms with Gasteiger partial charge < -0.3 is 5.32 Å². The number of benzene rings is 1. The molecule has 0 fully saturated rings. The van der Waals surface area contributed by atoms with Gasteiger partial charge in [0.05, 0.1) is 23.3 Å². The Bertz CT molecular complexity index is 1380. The standard InChI is InChI=1S/C20H16N4O5S4/c25-20(22-15-4-1-7-21-13-15)14-10-16(23-32(26,27)18-5-2-8-30-18)12-17(11-14)24-33(28,29)19-6-3-9-31-19/h1-13,23-24H,(H,22,25). The third-order valence-corrected chi connectivity index (χ3v) is 9.70. The molecule has 0 spiro atoms. The number of anilines is 3. The van der Waals surface area contributed by atoms with Gasteiger partial charge in [0.1, 0.15) is 8.42 Å². The van der Waals surface area contributed by atoms with Crippen LogP contribution >= 0.6 is 22.7 Å². The third-order valence-electron chi connectivity index (χ3n) is 4.14. The molecule has 0 bridgehead atoms. The summed E-state index contributed by atoms with van der Waals surface area (Å²) in [6.07, 6.45) is 2.99. The number of amides is 1. The van der Waals surface area contributed by atoms with Crippen molar-refractivity contribution >= 4 is 65.7 Å². The highest BCUT2D eigenvalue weighted by molar-refractivity contribution is 7.95. The van der Waals surface area contributed by atoms with Crippen LogP contribution in [-0.4, -0.2) is 27.7 Å². The zero-order valence-corrected chi connectivity index (χ0v) is 19.9. The Labute approximate surface area is 198 Å². The van der Waals surface area contributed by atoms with E-state index in [9.17, 15) is 21.6 Å². The van der Waals surface area contributed by atoms with E-state index in [1.54, 1.807) is 41.2 Å². The average molecular weight is 521 g/mol. The Morgan fingerprint density at radius 1 is 0.758 bits per heavy atom. The van der Waals surface area contributed by atoms with Crippen molar-refractivity contribution in [2.75, 3.05) is 14.8 Å². The van der Waals surface area contributed by atoms with Gasteiger partial charge in [0.15, 0.2) is 0 Å². The molecular weight excluding hydrogens is 505 g/mol. The Morgan fingerprint density at radius 3 is 1.79 bits per heavy atom. The molecule has 0 saturated carbocycles. The molecule has 3 aromatic heterocycles.